The molecule has 6 aromatic heterocycles. The number of rotatable bonds is 22. The van der Waals surface area contributed by atoms with E-state index < -0.39 is 0 Å². The van der Waals surface area contributed by atoms with E-state index in [0.29, 0.717) is 0 Å². The number of hydrogen-bond acceptors (Lipinski definition) is 6. The molecule has 0 aliphatic carbocycles. The third-order valence-corrected chi connectivity index (χ3v) is 27.7. The molecule has 150 heavy (non-hydrogen) atoms. The minimum Gasteiger partial charge on any atom is -0.304 e. The monoisotopic (exact) mass is 2270 g/mol. The maximum Gasteiger partial charge on any atom is 3.00 e. The van der Waals surface area contributed by atoms with Gasteiger partial charge in [0.1, 0.15) is 0 Å². The van der Waals surface area contributed by atoms with E-state index in [2.05, 4.69) is 440 Å². The molecule has 6 nitrogen and oxygen atoms in total. The molecule has 0 radical (unpaired) electrons. The predicted molar refractivity (Wildman–Crippen MR) is 611 cm³/mol. The van der Waals surface area contributed by atoms with Gasteiger partial charge >= 0.3 is 40.2 Å². The summed E-state index contributed by atoms with van der Waals surface area (Å²) in [5.41, 5.74) is 51.3. The summed E-state index contributed by atoms with van der Waals surface area (Å²) in [6.07, 6.45) is 12.1. The third kappa shape index (κ3) is 21.2. The molecule has 0 saturated carbocycles. The maximum atomic E-state index is 5.16. The molecule has 0 atom stereocenters. The van der Waals surface area contributed by atoms with Gasteiger partial charge in [-0.05, 0) is 277 Å². The summed E-state index contributed by atoms with van der Waals surface area (Å²) in [4.78, 5) is 30.1. The van der Waals surface area contributed by atoms with Crippen LogP contribution in [0.4, 0.5) is 0 Å². The van der Waals surface area contributed by atoms with Gasteiger partial charge in [-0.25, -0.2) is 0 Å². The third-order valence-electron chi connectivity index (χ3n) is 27.7. The van der Waals surface area contributed by atoms with Crippen molar-refractivity contribution in [2.45, 2.75) is 27.7 Å². The molecule has 0 saturated heterocycles. The summed E-state index contributed by atoms with van der Waals surface area (Å²) >= 11 is 0. The first-order valence-corrected chi connectivity index (χ1v) is 49.9. The quantitative estimate of drug-likeness (QED) is 0.0629. The van der Waals surface area contributed by atoms with Gasteiger partial charge in [0.05, 0.1) is 0 Å². The second kappa shape index (κ2) is 45.0. The Kier molecular flexibility index (Phi) is 29.5. The van der Waals surface area contributed by atoms with Crippen LogP contribution in [-0.2, 0) is 40.2 Å². The Morgan fingerprint density at radius 2 is 0.333 bits per heavy atom. The summed E-state index contributed by atoms with van der Waals surface area (Å²) in [5, 5.41) is 0. The number of aryl methyl sites for hydroxylation is 4. The second-order valence-corrected chi connectivity index (χ2v) is 37.3. The molecule has 24 rings (SSSR count). The first kappa shape index (κ1) is 98.2. The van der Waals surface area contributed by atoms with Crippen LogP contribution in [0.2, 0.25) is 0 Å². The van der Waals surface area contributed by atoms with E-state index in [0.717, 1.165) is 246 Å². The molecule has 0 aliphatic heterocycles. The molecule has 0 amide bonds. The van der Waals surface area contributed by atoms with E-state index in [1.807, 2.05) is 134 Å². The van der Waals surface area contributed by atoms with E-state index in [1.165, 1.54) is 22.3 Å². The molecule has 0 bridgehead atoms. The molecular formula is C142H96Ir2N6. The number of pyridine rings is 6. The summed E-state index contributed by atoms with van der Waals surface area (Å²) in [6, 6.07) is 187. The summed E-state index contributed by atoms with van der Waals surface area (Å²) in [7, 11) is 0. The standard InChI is InChI=1S/C72H50N3.C70H46N3.2Ir/c1-48-37-70(52-23-9-5-10-24-52)73-45-67(48)64-34-16-13-31-61(64)58-42-59(62-32-14-17-35-65(62)68-46-74-71(38-49(68)2)53-25-11-6-12-26-53)44-60(43-58)63-33-15-18-36-66(63)69-47-75-72(39-50(69)3)57-30-20-29-56(41-57)55-28-19-27-54(40-55)51-21-7-4-8-22-51;1-48-39-70(55-28-18-27-54(41-55)53-26-17-25-52(40-53)49-19-5-2-6-20-49)73-47-67(48)66-34-16-15-33-65(66)60-43-58(63-31-13-11-29-61(63)56-35-37-68(71-45-56)50-21-7-3-8-22-50)42-59(44-60)64-32-14-12-30-62(64)57-36-38-69(72-46-57)51-23-9-4-10-24-51;;/h4-23,25,27-29,31-47H,1-3H3;2-21,23,25-27,29-47H,1H3;;/q2*-3;2*+3. The zero-order chi connectivity index (χ0) is 99.6. The Balaban J connectivity index is 0.000000173. The zero-order valence-electron chi connectivity index (χ0n) is 82.8. The SMILES string of the molecule is Cc1cc(-c2[c-]ccc(-c3cccc(-c4ccccc4)c3)c2)ncc1-c1ccccc1-c1cc(-c2ccccc2-c2ccc(-c3[c-]cccc3)nc2)cc(-c2ccccc2-c2ccc(-c3[c-]cccc3)nc2)c1.Cc1cc(-c2[c-]cccc2)ncc1-c1ccccc1-c1cc(-c2ccccc2-c2cnc(-c3[c-]cccc3)cc2C)cc(-c2ccccc2-c2cnc(-c3[c-]ccc(-c4cccc(-c5ccccc5)c4)c3)cc2C)c1.[Ir+3].[Ir+3]. The molecule has 0 N–H and O–H groups in total. The average Bonchev–Trinajstić information content (AvgIpc) is 0.763. The van der Waals surface area contributed by atoms with Crippen LogP contribution in [0.25, 0.3) is 246 Å². The minimum absolute atomic E-state index is 0. The molecule has 0 fully saturated rings. The van der Waals surface area contributed by atoms with Crippen LogP contribution in [0.3, 0.4) is 0 Å². The first-order chi connectivity index (χ1) is 73.0. The fourth-order valence-corrected chi connectivity index (χ4v) is 20.2. The zero-order valence-corrected chi connectivity index (χ0v) is 87.6. The number of aromatic nitrogens is 6. The molecule has 0 unspecified atom stereocenters. The van der Waals surface area contributed by atoms with E-state index in [4.69, 9.17) is 29.9 Å². The van der Waals surface area contributed by atoms with Crippen molar-refractivity contribution in [3.05, 3.63) is 569 Å². The largest absolute Gasteiger partial charge is 3.00 e. The number of benzene rings is 18. The van der Waals surface area contributed by atoms with Crippen LogP contribution in [0.1, 0.15) is 22.3 Å². The fourth-order valence-electron chi connectivity index (χ4n) is 20.2. The summed E-state index contributed by atoms with van der Waals surface area (Å²) in [5.74, 6) is 0. The van der Waals surface area contributed by atoms with Gasteiger partial charge in [0.15, 0.2) is 0 Å². The van der Waals surface area contributed by atoms with Crippen LogP contribution < -0.4 is 0 Å². The molecule has 6 heterocycles. The van der Waals surface area contributed by atoms with Gasteiger partial charge in [-0.3, -0.25) is 0 Å². The maximum absolute atomic E-state index is 5.16. The van der Waals surface area contributed by atoms with Gasteiger partial charge < -0.3 is 29.9 Å². The Morgan fingerprint density at radius 1 is 0.127 bits per heavy atom. The van der Waals surface area contributed by atoms with Gasteiger partial charge in [0, 0.05) is 59.4 Å². The number of nitrogens with zero attached hydrogens (tertiary/aromatic N) is 6. The van der Waals surface area contributed by atoms with Gasteiger partial charge in [0.2, 0.25) is 0 Å². The summed E-state index contributed by atoms with van der Waals surface area (Å²) < 4.78 is 0. The van der Waals surface area contributed by atoms with Crippen molar-refractivity contribution in [1.82, 2.24) is 29.9 Å². The molecule has 18 aromatic carbocycles. The molecule has 8 heteroatoms. The molecular weight excluding hydrogens is 2170 g/mol. The molecule has 24 aromatic rings. The van der Waals surface area contributed by atoms with Crippen LogP contribution in [0.15, 0.2) is 510 Å². The van der Waals surface area contributed by atoms with Crippen molar-refractivity contribution in [2.75, 3.05) is 0 Å². The summed E-state index contributed by atoms with van der Waals surface area (Å²) in [6.45, 7) is 8.72. The Hall–Kier alpha value is -17.8. The van der Waals surface area contributed by atoms with E-state index in [9.17, 15) is 0 Å². The van der Waals surface area contributed by atoms with Crippen molar-refractivity contribution in [1.29, 1.82) is 0 Å². The normalized spacial score (nSPS) is 11.0. The van der Waals surface area contributed by atoms with E-state index in [1.54, 1.807) is 0 Å². The van der Waals surface area contributed by atoms with Crippen molar-refractivity contribution in [3.63, 3.8) is 0 Å². The van der Waals surface area contributed by atoms with E-state index >= 15 is 0 Å². The molecule has 0 aliphatic rings. The number of hydrogen-bond donors (Lipinski definition) is 0. The Labute approximate surface area is 904 Å². The molecule has 712 valence electrons. The van der Waals surface area contributed by atoms with Crippen LogP contribution in [0, 0.1) is 64.1 Å². The van der Waals surface area contributed by atoms with Crippen molar-refractivity contribution < 1.29 is 40.2 Å². The topological polar surface area (TPSA) is 77.3 Å². The van der Waals surface area contributed by atoms with Gasteiger partial charge in [0.25, 0.3) is 0 Å². The van der Waals surface area contributed by atoms with Gasteiger partial charge in [-0.2, -0.15) is 0 Å². The van der Waals surface area contributed by atoms with Crippen molar-refractivity contribution in [3.8, 4) is 246 Å². The smallest absolute Gasteiger partial charge is 0.304 e. The molecule has 0 spiro atoms. The first-order valence-electron chi connectivity index (χ1n) is 49.9. The van der Waals surface area contributed by atoms with Crippen LogP contribution in [0.5, 0.6) is 0 Å². The predicted octanol–water partition coefficient (Wildman–Crippen LogP) is 36.4. The Morgan fingerprint density at radius 3 is 0.593 bits per heavy atom. The average molecular weight is 2270 g/mol. The second-order valence-electron chi connectivity index (χ2n) is 37.3. The van der Waals surface area contributed by atoms with Crippen LogP contribution in [-0.4, -0.2) is 29.9 Å². The Bertz CT molecular complexity index is 8670. The fraction of sp³-hybridized carbons (Fsp3) is 0.0282. The van der Waals surface area contributed by atoms with Gasteiger partial charge in [-0.1, -0.05) is 291 Å². The van der Waals surface area contributed by atoms with Gasteiger partial charge in [-0.15, -0.1) is 214 Å². The van der Waals surface area contributed by atoms with Crippen molar-refractivity contribution in [2.24, 2.45) is 0 Å². The van der Waals surface area contributed by atoms with E-state index in [-0.39, 0.29) is 40.2 Å². The van der Waals surface area contributed by atoms with Crippen molar-refractivity contribution >= 4 is 0 Å². The van der Waals surface area contributed by atoms with Crippen LogP contribution >= 0.6 is 0 Å². The minimum atomic E-state index is 0.